The molecule has 1 heterocycles. The first-order valence-corrected chi connectivity index (χ1v) is 7.69. The summed E-state index contributed by atoms with van der Waals surface area (Å²) in [5.41, 5.74) is 0.491. The predicted octanol–water partition coefficient (Wildman–Crippen LogP) is 1.77. The number of fused-ring (bicyclic) bond motifs is 1. The fraction of sp³-hybridized carbons (Fsp3) is 0.529. The molecular weight excluding hydrogens is 296 g/mol. The molecule has 3 rings (SSSR count). The quantitative estimate of drug-likeness (QED) is 0.919. The van der Waals surface area contributed by atoms with Crippen LogP contribution >= 0.6 is 0 Å². The lowest BCUT2D eigenvalue weighted by Crippen LogP contribution is -2.49. The summed E-state index contributed by atoms with van der Waals surface area (Å²) in [6, 6.07) is 5.69. The second-order valence-corrected chi connectivity index (χ2v) is 6.11. The van der Waals surface area contributed by atoms with E-state index in [1.807, 2.05) is 0 Å². The average Bonchev–Trinajstić information content (AvgIpc) is 2.53. The van der Waals surface area contributed by atoms with Gasteiger partial charge < -0.3 is 19.5 Å². The van der Waals surface area contributed by atoms with Crippen LogP contribution in [-0.4, -0.2) is 36.7 Å². The van der Waals surface area contributed by atoms with Crippen molar-refractivity contribution >= 4 is 5.91 Å². The highest BCUT2D eigenvalue weighted by atomic mass is 16.5. The Kier molecular flexibility index (Phi) is 3.90. The molecule has 0 saturated heterocycles. The molecule has 0 aromatic heterocycles. The van der Waals surface area contributed by atoms with Crippen LogP contribution in [0.5, 0.6) is 11.5 Å². The van der Waals surface area contributed by atoms with E-state index in [4.69, 9.17) is 9.47 Å². The molecule has 1 aliphatic carbocycles. The number of hydrogen-bond acceptors (Lipinski definition) is 5. The highest BCUT2D eigenvalue weighted by molar-refractivity contribution is 5.87. The summed E-state index contributed by atoms with van der Waals surface area (Å²) >= 11 is 0. The minimum absolute atomic E-state index is 0.165. The lowest BCUT2D eigenvalue weighted by Gasteiger charge is -2.41. The summed E-state index contributed by atoms with van der Waals surface area (Å²) < 4.78 is 10.7. The van der Waals surface area contributed by atoms with Gasteiger partial charge in [-0.2, -0.15) is 5.26 Å². The van der Waals surface area contributed by atoms with Crippen molar-refractivity contribution in [3.05, 3.63) is 23.3 Å². The van der Waals surface area contributed by atoms with Crippen LogP contribution in [0.3, 0.4) is 0 Å². The lowest BCUT2D eigenvalue weighted by atomic mass is 9.68. The maximum Gasteiger partial charge on any atom is 0.243 e. The van der Waals surface area contributed by atoms with Crippen LogP contribution in [0.1, 0.15) is 36.5 Å². The second-order valence-electron chi connectivity index (χ2n) is 6.11. The van der Waals surface area contributed by atoms with Crippen LogP contribution < -0.4 is 9.47 Å². The second kappa shape index (κ2) is 5.74. The van der Waals surface area contributed by atoms with Crippen molar-refractivity contribution < 1.29 is 19.4 Å². The number of carbonyl (C=O) groups is 1. The van der Waals surface area contributed by atoms with E-state index >= 15 is 0 Å². The van der Waals surface area contributed by atoms with E-state index in [2.05, 4.69) is 6.07 Å². The number of benzene rings is 1. The molecule has 1 atom stereocenters. The molecule has 1 aromatic carbocycles. The first-order valence-electron chi connectivity index (χ1n) is 7.69. The number of rotatable bonds is 3. The van der Waals surface area contributed by atoms with Gasteiger partial charge in [0.05, 0.1) is 26.8 Å². The summed E-state index contributed by atoms with van der Waals surface area (Å²) in [7, 11) is 3.10. The summed E-state index contributed by atoms with van der Waals surface area (Å²) in [6.07, 6.45) is 1.22. The van der Waals surface area contributed by atoms with E-state index < -0.39 is 11.5 Å². The van der Waals surface area contributed by atoms with Gasteiger partial charge in [-0.05, 0) is 31.4 Å². The van der Waals surface area contributed by atoms with Crippen molar-refractivity contribution in [1.82, 2.24) is 4.90 Å². The first kappa shape index (κ1) is 15.6. The van der Waals surface area contributed by atoms with Gasteiger partial charge in [-0.3, -0.25) is 4.79 Å². The Morgan fingerprint density at radius 2 is 2.00 bits per heavy atom. The lowest BCUT2D eigenvalue weighted by molar-refractivity contribution is -0.146. The van der Waals surface area contributed by atoms with Crippen LogP contribution in [0.2, 0.25) is 0 Å². The van der Waals surface area contributed by atoms with Crippen molar-refractivity contribution in [3.8, 4) is 17.6 Å². The molecule has 0 unspecified atom stereocenters. The Balaban J connectivity index is 1.97. The number of β-amino-alcohol motifs (C(OH)–C–C–N with tert-alkyl or cyclic N) is 1. The van der Waals surface area contributed by atoms with Crippen LogP contribution in [0.25, 0.3) is 0 Å². The number of carbonyl (C=O) groups excluding carboxylic acids is 1. The Hall–Kier alpha value is -2.26. The van der Waals surface area contributed by atoms with Gasteiger partial charge in [0.2, 0.25) is 5.91 Å². The van der Waals surface area contributed by atoms with Gasteiger partial charge in [0.25, 0.3) is 0 Å². The molecule has 1 aliphatic heterocycles. The molecule has 1 fully saturated rings. The average molecular weight is 316 g/mol. The van der Waals surface area contributed by atoms with Crippen molar-refractivity contribution in [2.75, 3.05) is 20.8 Å². The molecule has 0 radical (unpaired) electrons. The number of methoxy groups -OCH3 is 2. The van der Waals surface area contributed by atoms with E-state index in [0.29, 0.717) is 36.4 Å². The van der Waals surface area contributed by atoms with Crippen molar-refractivity contribution in [3.63, 3.8) is 0 Å². The largest absolute Gasteiger partial charge is 0.496 e. The zero-order valence-electron chi connectivity index (χ0n) is 13.3. The number of aliphatic hydroxyl groups is 1. The van der Waals surface area contributed by atoms with Crippen LogP contribution in [0.4, 0.5) is 0 Å². The van der Waals surface area contributed by atoms with Gasteiger partial charge in [-0.1, -0.05) is 0 Å². The van der Waals surface area contributed by atoms with Gasteiger partial charge in [0, 0.05) is 17.7 Å². The van der Waals surface area contributed by atoms with Crippen LogP contribution in [0, 0.1) is 16.7 Å². The Morgan fingerprint density at radius 3 is 2.52 bits per heavy atom. The van der Waals surface area contributed by atoms with E-state index in [-0.39, 0.29) is 12.5 Å². The minimum atomic E-state index is -0.913. The molecular formula is C17H20N2O4. The molecule has 1 N–H and O–H groups in total. The fourth-order valence-corrected chi connectivity index (χ4v) is 3.44. The molecule has 1 saturated carbocycles. The van der Waals surface area contributed by atoms with Crippen LogP contribution in [0.15, 0.2) is 12.1 Å². The highest BCUT2D eigenvalue weighted by Crippen LogP contribution is 2.45. The summed E-state index contributed by atoms with van der Waals surface area (Å²) in [6.45, 7) is 0.480. The van der Waals surface area contributed by atoms with Gasteiger partial charge in [0.1, 0.15) is 23.0 Å². The Bertz CT molecular complexity index is 676. The standard InChI is InChI=1S/C17H20N2O4/c1-22-13-4-5-14(23-2)15-11(13)8-19(9-12(15)20)16(21)17(10-18)6-3-7-17/h4-5,12,20H,3,6-9H2,1-2H3/t12-/m1/s1. The molecule has 1 aromatic rings. The SMILES string of the molecule is COc1ccc(OC)c2c1CN(C(=O)C1(C#N)CCC1)C[C@H]2O. The van der Waals surface area contributed by atoms with E-state index in [0.717, 1.165) is 12.0 Å². The number of amides is 1. The zero-order valence-corrected chi connectivity index (χ0v) is 13.3. The number of ether oxygens (including phenoxy) is 2. The smallest absolute Gasteiger partial charge is 0.243 e. The third-order valence-electron chi connectivity index (χ3n) is 4.91. The molecule has 23 heavy (non-hydrogen) atoms. The third-order valence-corrected chi connectivity index (χ3v) is 4.91. The Morgan fingerprint density at radius 1 is 1.35 bits per heavy atom. The number of hydrogen-bond donors (Lipinski definition) is 1. The number of nitriles is 1. The van der Waals surface area contributed by atoms with Crippen molar-refractivity contribution in [1.29, 1.82) is 5.26 Å². The predicted molar refractivity (Wildman–Crippen MR) is 81.8 cm³/mol. The van der Waals surface area contributed by atoms with E-state index in [9.17, 15) is 15.2 Å². The molecule has 2 aliphatic rings. The van der Waals surface area contributed by atoms with Crippen molar-refractivity contribution in [2.45, 2.75) is 31.9 Å². The zero-order chi connectivity index (χ0) is 16.6. The van der Waals surface area contributed by atoms with E-state index in [1.54, 1.807) is 31.3 Å². The minimum Gasteiger partial charge on any atom is -0.496 e. The highest BCUT2D eigenvalue weighted by Gasteiger charge is 2.48. The van der Waals surface area contributed by atoms with Gasteiger partial charge >= 0.3 is 0 Å². The summed E-state index contributed by atoms with van der Waals surface area (Å²) in [4.78, 5) is 14.3. The number of aliphatic hydroxyl groups excluding tert-OH is 1. The monoisotopic (exact) mass is 316 g/mol. The molecule has 6 nitrogen and oxygen atoms in total. The maximum atomic E-state index is 12.8. The maximum absolute atomic E-state index is 12.8. The first-order chi connectivity index (χ1) is 11.1. The van der Waals surface area contributed by atoms with Crippen molar-refractivity contribution in [2.24, 2.45) is 5.41 Å². The third kappa shape index (κ3) is 2.32. The molecule has 122 valence electrons. The fourth-order valence-electron chi connectivity index (χ4n) is 3.44. The van der Waals surface area contributed by atoms with Gasteiger partial charge in [0.15, 0.2) is 0 Å². The topological polar surface area (TPSA) is 82.8 Å². The van der Waals surface area contributed by atoms with E-state index in [1.165, 1.54) is 0 Å². The summed E-state index contributed by atoms with van der Waals surface area (Å²) in [5.74, 6) is 0.997. The van der Waals surface area contributed by atoms with Gasteiger partial charge in [-0.25, -0.2) is 0 Å². The number of nitrogens with zero attached hydrogens (tertiary/aromatic N) is 2. The molecule has 0 spiro atoms. The summed E-state index contributed by atoms with van der Waals surface area (Å²) in [5, 5.41) is 19.9. The normalized spacial score (nSPS) is 21.7. The molecule has 6 heteroatoms. The van der Waals surface area contributed by atoms with Crippen LogP contribution in [-0.2, 0) is 11.3 Å². The molecule has 0 bridgehead atoms. The van der Waals surface area contributed by atoms with Gasteiger partial charge in [-0.15, -0.1) is 0 Å². The molecule has 1 amide bonds. The Labute approximate surface area is 135 Å².